The van der Waals surface area contributed by atoms with Gasteiger partial charge in [0.05, 0.1) is 24.4 Å². The Hall–Kier alpha value is -1.51. The van der Waals surface area contributed by atoms with Gasteiger partial charge in [0.25, 0.3) is 0 Å². The number of aliphatic hydroxyl groups is 1. The van der Waals surface area contributed by atoms with E-state index in [4.69, 9.17) is 4.74 Å². The summed E-state index contributed by atoms with van der Waals surface area (Å²) in [5.41, 5.74) is 1.03. The largest absolute Gasteiger partial charge is 0.394 e. The number of aryl methyl sites for hydroxylation is 2. The van der Waals surface area contributed by atoms with Crippen LogP contribution in [-0.2, 0) is 22.5 Å². The van der Waals surface area contributed by atoms with Crippen molar-refractivity contribution in [2.45, 2.75) is 89.5 Å². The summed E-state index contributed by atoms with van der Waals surface area (Å²) in [5.74, 6) is 0.0622. The van der Waals surface area contributed by atoms with Crippen molar-refractivity contribution in [3.05, 3.63) is 11.9 Å². The first-order valence-corrected chi connectivity index (χ1v) is 11.3. The van der Waals surface area contributed by atoms with Gasteiger partial charge in [0.2, 0.25) is 5.91 Å². The Balaban J connectivity index is 1.38. The molecular weight excluding hydrogens is 370 g/mol. The van der Waals surface area contributed by atoms with Crippen LogP contribution in [0.5, 0.6) is 0 Å². The van der Waals surface area contributed by atoms with Crippen LogP contribution in [0.15, 0.2) is 6.20 Å². The molecule has 1 aromatic heterocycles. The summed E-state index contributed by atoms with van der Waals surface area (Å²) in [5, 5.41) is 21.2. The van der Waals surface area contributed by atoms with Crippen LogP contribution in [0.3, 0.4) is 0 Å². The fourth-order valence-electron chi connectivity index (χ4n) is 4.33. The quantitative estimate of drug-likeness (QED) is 0.611. The van der Waals surface area contributed by atoms with Crippen LogP contribution in [0.25, 0.3) is 0 Å². The third-order valence-corrected chi connectivity index (χ3v) is 6.02. The summed E-state index contributed by atoms with van der Waals surface area (Å²) >= 11 is 0. The van der Waals surface area contributed by atoms with Gasteiger partial charge in [-0.25, -0.2) is 0 Å². The van der Waals surface area contributed by atoms with Crippen molar-refractivity contribution in [2.75, 3.05) is 26.2 Å². The molecule has 1 aromatic rings. The molecule has 2 N–H and O–H groups in total. The first-order chi connectivity index (χ1) is 14.2. The maximum Gasteiger partial charge on any atom is 0.221 e. The number of rotatable bonds is 10. The van der Waals surface area contributed by atoms with Gasteiger partial charge in [-0.3, -0.25) is 9.48 Å². The van der Waals surface area contributed by atoms with Crippen molar-refractivity contribution in [3.8, 4) is 0 Å². The highest BCUT2D eigenvalue weighted by Crippen LogP contribution is 2.22. The van der Waals surface area contributed by atoms with Crippen molar-refractivity contribution in [2.24, 2.45) is 0 Å². The molecule has 0 saturated carbocycles. The number of nitrogens with one attached hydrogen (secondary N) is 1. The molecule has 164 valence electrons. The summed E-state index contributed by atoms with van der Waals surface area (Å²) in [6.07, 6.45) is 10.6. The normalized spacial score (nSPS) is 25.8. The molecule has 8 heteroatoms. The van der Waals surface area contributed by atoms with Gasteiger partial charge >= 0.3 is 0 Å². The predicted molar refractivity (Wildman–Crippen MR) is 110 cm³/mol. The second kappa shape index (κ2) is 11.6. The minimum absolute atomic E-state index is 0.0622. The van der Waals surface area contributed by atoms with Crippen LogP contribution in [0.2, 0.25) is 0 Å². The number of nitrogens with zero attached hydrogens (tertiary/aromatic N) is 4. The number of carbonyl (C=O) groups is 1. The Labute approximate surface area is 174 Å². The van der Waals surface area contributed by atoms with Gasteiger partial charge in [-0.2, -0.15) is 0 Å². The summed E-state index contributed by atoms with van der Waals surface area (Å²) in [6, 6.07) is -0.104. The van der Waals surface area contributed by atoms with Crippen molar-refractivity contribution >= 4 is 5.91 Å². The van der Waals surface area contributed by atoms with E-state index in [1.165, 1.54) is 19.3 Å². The number of aliphatic hydroxyl groups excluding tert-OH is 1. The van der Waals surface area contributed by atoms with Gasteiger partial charge in [-0.1, -0.05) is 25.0 Å². The molecule has 3 heterocycles. The van der Waals surface area contributed by atoms with E-state index in [1.807, 2.05) is 10.9 Å². The Morgan fingerprint density at radius 1 is 1.28 bits per heavy atom. The molecule has 8 nitrogen and oxygen atoms in total. The third kappa shape index (κ3) is 7.04. The minimum atomic E-state index is -0.334. The number of carbonyl (C=O) groups excluding carboxylic acids is 1. The Kier molecular flexibility index (Phi) is 8.89. The monoisotopic (exact) mass is 407 g/mol. The van der Waals surface area contributed by atoms with Gasteiger partial charge in [-0.05, 0) is 51.6 Å². The molecular formula is C21H37N5O3. The standard InChI is InChI=1S/C21H37N5O3/c1-2-6-17-15-26(24-23-17)14-9-18-7-8-19(20(16-27)29-18)22-21(28)10-13-25-11-4-3-5-12-25/h15,18-20,27H,2-14,16H2,1H3,(H,22,28)/t18-,19+,20-/m1/s1. The van der Waals surface area contributed by atoms with Gasteiger partial charge in [-0.15, -0.1) is 5.10 Å². The number of hydrogen-bond donors (Lipinski definition) is 2. The predicted octanol–water partition coefficient (Wildman–Crippen LogP) is 1.52. The molecule has 3 atom stereocenters. The van der Waals surface area contributed by atoms with Crippen LogP contribution in [-0.4, -0.2) is 75.4 Å². The van der Waals surface area contributed by atoms with E-state index in [9.17, 15) is 9.90 Å². The number of amides is 1. The number of likely N-dealkylation sites (tertiary alicyclic amines) is 1. The maximum atomic E-state index is 12.4. The number of ether oxygens (including phenoxy) is 1. The molecule has 0 radical (unpaired) electrons. The van der Waals surface area contributed by atoms with Crippen LogP contribution in [0.1, 0.15) is 64.0 Å². The summed E-state index contributed by atoms with van der Waals surface area (Å²) in [6.45, 7) is 5.85. The average molecular weight is 408 g/mol. The lowest BCUT2D eigenvalue weighted by Gasteiger charge is -2.36. The average Bonchev–Trinajstić information content (AvgIpc) is 3.20. The molecule has 0 unspecified atom stereocenters. The van der Waals surface area contributed by atoms with Crippen molar-refractivity contribution < 1.29 is 14.6 Å². The van der Waals surface area contributed by atoms with Crippen molar-refractivity contribution in [1.82, 2.24) is 25.2 Å². The van der Waals surface area contributed by atoms with E-state index in [1.54, 1.807) is 0 Å². The fraction of sp³-hybridized carbons (Fsp3) is 0.857. The highest BCUT2D eigenvalue weighted by atomic mass is 16.5. The van der Waals surface area contributed by atoms with Gasteiger partial charge in [0.1, 0.15) is 6.10 Å². The number of hydrogen-bond acceptors (Lipinski definition) is 6. The smallest absolute Gasteiger partial charge is 0.221 e. The lowest BCUT2D eigenvalue weighted by atomic mass is 9.97. The minimum Gasteiger partial charge on any atom is -0.394 e. The number of aromatic nitrogens is 3. The van der Waals surface area contributed by atoms with Gasteiger partial charge in [0, 0.05) is 25.7 Å². The first-order valence-electron chi connectivity index (χ1n) is 11.3. The number of piperidine rings is 1. The van der Waals surface area contributed by atoms with Crippen LogP contribution in [0, 0.1) is 0 Å². The van der Waals surface area contributed by atoms with Gasteiger partial charge in [0.15, 0.2) is 0 Å². The highest BCUT2D eigenvalue weighted by Gasteiger charge is 2.31. The Morgan fingerprint density at radius 3 is 2.86 bits per heavy atom. The zero-order chi connectivity index (χ0) is 20.5. The van der Waals surface area contributed by atoms with Crippen LogP contribution >= 0.6 is 0 Å². The lowest BCUT2D eigenvalue weighted by Crippen LogP contribution is -2.51. The van der Waals surface area contributed by atoms with E-state index in [0.29, 0.717) is 6.42 Å². The zero-order valence-corrected chi connectivity index (χ0v) is 17.8. The van der Waals surface area contributed by atoms with Crippen LogP contribution in [0.4, 0.5) is 0 Å². The highest BCUT2D eigenvalue weighted by molar-refractivity contribution is 5.76. The second-order valence-electron chi connectivity index (χ2n) is 8.39. The summed E-state index contributed by atoms with van der Waals surface area (Å²) in [4.78, 5) is 14.7. The zero-order valence-electron chi connectivity index (χ0n) is 17.8. The molecule has 1 amide bonds. The summed E-state index contributed by atoms with van der Waals surface area (Å²) < 4.78 is 7.95. The van der Waals surface area contributed by atoms with E-state index in [-0.39, 0.29) is 30.8 Å². The Bertz CT molecular complexity index is 617. The molecule has 0 aliphatic carbocycles. The summed E-state index contributed by atoms with van der Waals surface area (Å²) in [7, 11) is 0. The fourth-order valence-corrected chi connectivity index (χ4v) is 4.33. The van der Waals surface area contributed by atoms with E-state index < -0.39 is 0 Å². The topological polar surface area (TPSA) is 92.5 Å². The molecule has 3 rings (SSSR count). The SMILES string of the molecule is CCCc1cn(CC[C@H]2CC[C@H](NC(=O)CCN3CCCCC3)[C@@H](CO)O2)nn1. The van der Waals surface area contributed by atoms with Gasteiger partial charge < -0.3 is 20.1 Å². The molecule has 29 heavy (non-hydrogen) atoms. The molecule has 0 aromatic carbocycles. The molecule has 2 aliphatic rings. The van der Waals surface area contributed by atoms with Crippen molar-refractivity contribution in [1.29, 1.82) is 0 Å². The van der Waals surface area contributed by atoms with Crippen LogP contribution < -0.4 is 5.32 Å². The maximum absolute atomic E-state index is 12.4. The first kappa shape index (κ1) is 22.2. The molecule has 0 spiro atoms. The molecule has 2 fully saturated rings. The molecule has 0 bridgehead atoms. The lowest BCUT2D eigenvalue weighted by molar-refractivity contribution is -0.129. The molecule has 2 saturated heterocycles. The van der Waals surface area contributed by atoms with Crippen molar-refractivity contribution in [3.63, 3.8) is 0 Å². The van der Waals surface area contributed by atoms with E-state index in [0.717, 1.165) is 64.0 Å². The Morgan fingerprint density at radius 2 is 2.10 bits per heavy atom. The van der Waals surface area contributed by atoms with E-state index in [2.05, 4.69) is 27.5 Å². The van der Waals surface area contributed by atoms with E-state index >= 15 is 0 Å². The molecule has 2 aliphatic heterocycles. The second-order valence-corrected chi connectivity index (χ2v) is 8.39. The third-order valence-electron chi connectivity index (χ3n) is 6.02.